The van der Waals surface area contributed by atoms with Gasteiger partial charge in [-0.05, 0) is 29.8 Å². The Bertz CT molecular complexity index is 244. The molecule has 12 heavy (non-hydrogen) atoms. The van der Waals surface area contributed by atoms with Crippen molar-refractivity contribution in [2.75, 3.05) is 33.2 Å². The van der Waals surface area contributed by atoms with Crippen LogP contribution in [-0.4, -0.2) is 48.4 Å². The summed E-state index contributed by atoms with van der Waals surface area (Å²) in [5, 5.41) is -0.327. The van der Waals surface area contributed by atoms with E-state index in [1.165, 1.54) is 11.1 Å². The summed E-state index contributed by atoms with van der Waals surface area (Å²) in [4.78, 5) is 14.7. The fourth-order valence-corrected chi connectivity index (χ4v) is 2.02. The van der Waals surface area contributed by atoms with E-state index in [4.69, 9.17) is 11.6 Å². The van der Waals surface area contributed by atoms with Gasteiger partial charge in [0.25, 0.3) is 0 Å². The Morgan fingerprint density at radius 1 is 1.25 bits per heavy atom. The van der Waals surface area contributed by atoms with Crippen LogP contribution in [0.1, 0.15) is 0 Å². The van der Waals surface area contributed by atoms with E-state index in [1.807, 2.05) is 0 Å². The van der Waals surface area contributed by atoms with Crippen molar-refractivity contribution in [1.29, 1.82) is 0 Å². The molecule has 4 heteroatoms. The predicted octanol–water partition coefficient (Wildman–Crippen LogP) is 0.903. The molecule has 2 aliphatic heterocycles. The molecule has 0 radical (unpaired) electrons. The van der Waals surface area contributed by atoms with Crippen LogP contribution in [0.15, 0.2) is 11.1 Å². The second-order valence-corrected chi connectivity index (χ2v) is 3.81. The average molecular weight is 187 g/mol. The van der Waals surface area contributed by atoms with Gasteiger partial charge in [-0.1, -0.05) is 0 Å². The fourth-order valence-electron chi connectivity index (χ4n) is 1.90. The molecule has 0 unspecified atom stereocenters. The highest BCUT2D eigenvalue weighted by Crippen LogP contribution is 2.24. The van der Waals surface area contributed by atoms with Gasteiger partial charge in [0.1, 0.15) is 0 Å². The Morgan fingerprint density at radius 3 is 2.17 bits per heavy atom. The van der Waals surface area contributed by atoms with Crippen LogP contribution in [0, 0.1) is 0 Å². The van der Waals surface area contributed by atoms with Crippen molar-refractivity contribution in [3.05, 3.63) is 11.1 Å². The molecule has 0 aliphatic carbocycles. The molecule has 0 spiro atoms. The summed E-state index contributed by atoms with van der Waals surface area (Å²) in [6, 6.07) is 0. The summed E-state index contributed by atoms with van der Waals surface area (Å²) < 4.78 is 0. The number of rotatable bonds is 0. The topological polar surface area (TPSA) is 23.6 Å². The Balaban J connectivity index is 2.03. The number of nitrogens with zero attached hydrogens (tertiary/aromatic N) is 2. The molecule has 3 nitrogen and oxygen atoms in total. The van der Waals surface area contributed by atoms with Crippen LogP contribution in [0.4, 0.5) is 4.79 Å². The Kier molecular flexibility index (Phi) is 1.85. The van der Waals surface area contributed by atoms with Gasteiger partial charge >= 0.3 is 5.37 Å². The number of halogens is 1. The Hall–Kier alpha value is -0.540. The maximum atomic E-state index is 10.8. The van der Waals surface area contributed by atoms with E-state index < -0.39 is 0 Å². The standard InChI is InChI=1S/C8H11ClN2O/c1-10-2-6-4-11(8(9)12)5-7(6)3-10/h2-5H2,1H3. The van der Waals surface area contributed by atoms with Crippen LogP contribution in [0.5, 0.6) is 0 Å². The summed E-state index contributed by atoms with van der Waals surface area (Å²) in [5.74, 6) is 0. The molecule has 0 bridgehead atoms. The molecular formula is C8H11ClN2O. The summed E-state index contributed by atoms with van der Waals surface area (Å²) in [7, 11) is 2.09. The molecule has 0 atom stereocenters. The molecule has 2 heterocycles. The zero-order valence-electron chi connectivity index (χ0n) is 7.01. The van der Waals surface area contributed by atoms with Crippen molar-refractivity contribution in [2.45, 2.75) is 0 Å². The smallest absolute Gasteiger partial charge is 0.316 e. The first kappa shape index (κ1) is 8.08. The molecule has 2 aliphatic rings. The summed E-state index contributed by atoms with van der Waals surface area (Å²) >= 11 is 5.38. The van der Waals surface area contributed by atoms with Gasteiger partial charge in [-0.3, -0.25) is 9.69 Å². The van der Waals surface area contributed by atoms with Gasteiger partial charge in [-0.15, -0.1) is 0 Å². The van der Waals surface area contributed by atoms with E-state index in [0.717, 1.165) is 26.2 Å². The zero-order valence-corrected chi connectivity index (χ0v) is 7.76. The number of hydrogen-bond donors (Lipinski definition) is 0. The van der Waals surface area contributed by atoms with Crippen LogP contribution in [0.25, 0.3) is 0 Å². The Labute approximate surface area is 76.6 Å². The van der Waals surface area contributed by atoms with Crippen LogP contribution >= 0.6 is 11.6 Å². The minimum atomic E-state index is -0.327. The van der Waals surface area contributed by atoms with Gasteiger partial charge in [0.15, 0.2) is 0 Å². The second-order valence-electron chi connectivity index (χ2n) is 3.49. The molecule has 0 aromatic rings. The van der Waals surface area contributed by atoms with Crippen molar-refractivity contribution in [3.63, 3.8) is 0 Å². The fraction of sp³-hybridized carbons (Fsp3) is 0.625. The Morgan fingerprint density at radius 2 is 1.75 bits per heavy atom. The lowest BCUT2D eigenvalue weighted by molar-refractivity contribution is 0.230. The van der Waals surface area contributed by atoms with Gasteiger partial charge in [-0.25, -0.2) is 0 Å². The van der Waals surface area contributed by atoms with E-state index in [0.29, 0.717) is 0 Å². The van der Waals surface area contributed by atoms with Crippen molar-refractivity contribution in [3.8, 4) is 0 Å². The lowest BCUT2D eigenvalue weighted by Gasteiger charge is -2.17. The number of carbonyl (C=O) groups is 1. The van der Waals surface area contributed by atoms with Crippen LogP contribution in [0.3, 0.4) is 0 Å². The lowest BCUT2D eigenvalue weighted by Crippen LogP contribution is -2.29. The van der Waals surface area contributed by atoms with Crippen molar-refractivity contribution < 1.29 is 4.79 Å². The molecule has 0 saturated heterocycles. The van der Waals surface area contributed by atoms with E-state index in [1.54, 1.807) is 4.90 Å². The number of carbonyl (C=O) groups excluding carboxylic acids is 1. The largest absolute Gasteiger partial charge is 0.321 e. The minimum absolute atomic E-state index is 0.327. The second kappa shape index (κ2) is 2.75. The molecule has 0 aromatic heterocycles. The van der Waals surface area contributed by atoms with Crippen molar-refractivity contribution in [1.82, 2.24) is 9.80 Å². The average Bonchev–Trinajstić information content (AvgIpc) is 2.42. The number of likely N-dealkylation sites (N-methyl/N-ethyl adjacent to an activating group) is 1. The lowest BCUT2D eigenvalue weighted by atomic mass is 10.2. The van der Waals surface area contributed by atoms with Crippen LogP contribution in [-0.2, 0) is 0 Å². The monoisotopic (exact) mass is 186 g/mol. The summed E-state index contributed by atoms with van der Waals surface area (Å²) in [6.07, 6.45) is 0. The van der Waals surface area contributed by atoms with Crippen LogP contribution < -0.4 is 0 Å². The third-order valence-electron chi connectivity index (χ3n) is 2.43. The normalized spacial score (nSPS) is 23.7. The van der Waals surface area contributed by atoms with Gasteiger partial charge in [0, 0.05) is 26.2 Å². The number of amides is 1. The third kappa shape index (κ3) is 1.23. The first-order valence-electron chi connectivity index (χ1n) is 3.99. The van der Waals surface area contributed by atoms with E-state index in [2.05, 4.69) is 11.9 Å². The molecule has 0 aromatic carbocycles. The first-order valence-corrected chi connectivity index (χ1v) is 4.37. The van der Waals surface area contributed by atoms with Crippen molar-refractivity contribution in [2.24, 2.45) is 0 Å². The minimum Gasteiger partial charge on any atom is -0.321 e. The molecule has 2 rings (SSSR count). The molecule has 0 saturated carbocycles. The first-order chi connectivity index (χ1) is 5.66. The highest BCUT2D eigenvalue weighted by atomic mass is 35.5. The van der Waals surface area contributed by atoms with Crippen molar-refractivity contribution >= 4 is 17.0 Å². The predicted molar refractivity (Wildman–Crippen MR) is 47.3 cm³/mol. The highest BCUT2D eigenvalue weighted by Gasteiger charge is 2.29. The third-order valence-corrected chi connectivity index (χ3v) is 2.67. The van der Waals surface area contributed by atoms with Gasteiger partial charge in [0.2, 0.25) is 0 Å². The summed E-state index contributed by atoms with van der Waals surface area (Å²) in [6.45, 7) is 3.47. The van der Waals surface area contributed by atoms with Gasteiger partial charge in [-0.2, -0.15) is 0 Å². The molecule has 1 amide bonds. The molecule has 66 valence electrons. The number of hydrogen-bond acceptors (Lipinski definition) is 2. The molecule has 0 fully saturated rings. The van der Waals surface area contributed by atoms with E-state index in [9.17, 15) is 4.79 Å². The van der Waals surface area contributed by atoms with E-state index >= 15 is 0 Å². The quantitative estimate of drug-likeness (QED) is 0.319. The van der Waals surface area contributed by atoms with Gasteiger partial charge < -0.3 is 4.90 Å². The summed E-state index contributed by atoms with van der Waals surface area (Å²) in [5.41, 5.74) is 2.76. The highest BCUT2D eigenvalue weighted by molar-refractivity contribution is 6.62. The molecule has 0 N–H and O–H groups in total. The SMILES string of the molecule is CN1CC2=C(C1)CN(C(=O)Cl)C2. The maximum Gasteiger partial charge on any atom is 0.316 e. The zero-order chi connectivity index (χ0) is 8.72. The van der Waals surface area contributed by atoms with Crippen LogP contribution in [0.2, 0.25) is 0 Å². The molecular weight excluding hydrogens is 176 g/mol. The van der Waals surface area contributed by atoms with E-state index in [-0.39, 0.29) is 5.37 Å². The van der Waals surface area contributed by atoms with Gasteiger partial charge in [0.05, 0.1) is 0 Å². The maximum absolute atomic E-state index is 10.8.